The van der Waals surface area contributed by atoms with Gasteiger partial charge >= 0.3 is 0 Å². The van der Waals surface area contributed by atoms with Crippen molar-refractivity contribution in [1.82, 2.24) is 4.90 Å². The number of likely N-dealkylation sites (N-methyl/N-ethyl adjacent to an activating group) is 1. The first-order valence-electron chi connectivity index (χ1n) is 8.82. The number of nitrogens with zero attached hydrogens (tertiary/aromatic N) is 1. The van der Waals surface area contributed by atoms with Crippen LogP contribution in [0.3, 0.4) is 0 Å². The Morgan fingerprint density at radius 3 is 1.35 bits per heavy atom. The summed E-state index contributed by atoms with van der Waals surface area (Å²) in [6.45, 7) is 0. The largest absolute Gasteiger partial charge is 0.493 e. The predicted octanol–water partition coefficient (Wildman–Crippen LogP) is 3.55. The summed E-state index contributed by atoms with van der Waals surface area (Å²) in [5.41, 5.74) is 5.30. The van der Waals surface area contributed by atoms with Crippen LogP contribution in [0.5, 0.6) is 23.0 Å². The summed E-state index contributed by atoms with van der Waals surface area (Å²) < 4.78 is 22.1. The van der Waals surface area contributed by atoms with Crippen LogP contribution in [-0.2, 0) is 12.8 Å². The van der Waals surface area contributed by atoms with Crippen molar-refractivity contribution in [3.05, 3.63) is 46.5 Å². The fourth-order valence-corrected chi connectivity index (χ4v) is 4.43. The van der Waals surface area contributed by atoms with E-state index in [1.54, 1.807) is 28.4 Å². The van der Waals surface area contributed by atoms with Gasteiger partial charge in [0.25, 0.3) is 0 Å². The molecule has 2 heterocycles. The van der Waals surface area contributed by atoms with Gasteiger partial charge in [-0.05, 0) is 66.4 Å². The predicted molar refractivity (Wildman–Crippen MR) is 99.7 cm³/mol. The molecule has 0 amide bonds. The maximum Gasteiger partial charge on any atom is 0.161 e. The Bertz CT molecular complexity index is 779. The topological polar surface area (TPSA) is 40.2 Å². The van der Waals surface area contributed by atoms with Crippen LogP contribution >= 0.6 is 0 Å². The molecule has 2 aromatic rings. The molecule has 4 rings (SSSR count). The van der Waals surface area contributed by atoms with Gasteiger partial charge in [0.15, 0.2) is 23.0 Å². The third-order valence-corrected chi connectivity index (χ3v) is 5.82. The molecule has 5 heteroatoms. The minimum Gasteiger partial charge on any atom is -0.493 e. The lowest BCUT2D eigenvalue weighted by atomic mass is 9.76. The van der Waals surface area contributed by atoms with Gasteiger partial charge in [-0.25, -0.2) is 0 Å². The number of rotatable bonds is 4. The van der Waals surface area contributed by atoms with Crippen molar-refractivity contribution >= 4 is 0 Å². The second kappa shape index (κ2) is 6.40. The third-order valence-electron chi connectivity index (χ3n) is 5.82. The Labute approximate surface area is 154 Å². The lowest BCUT2D eigenvalue weighted by Gasteiger charge is -2.46. The van der Waals surface area contributed by atoms with Crippen LogP contribution in [0, 0.1) is 0 Å². The average molecular weight is 355 g/mol. The first kappa shape index (κ1) is 17.0. The number of benzene rings is 2. The molecular weight excluding hydrogens is 330 g/mol. The number of ether oxygens (including phenoxy) is 4. The Morgan fingerprint density at radius 2 is 1.00 bits per heavy atom. The van der Waals surface area contributed by atoms with E-state index in [4.69, 9.17) is 18.9 Å². The summed E-state index contributed by atoms with van der Waals surface area (Å²) >= 11 is 0. The van der Waals surface area contributed by atoms with Crippen LogP contribution in [0.15, 0.2) is 24.3 Å². The summed E-state index contributed by atoms with van der Waals surface area (Å²) in [6, 6.07) is 9.16. The monoisotopic (exact) mass is 355 g/mol. The van der Waals surface area contributed by atoms with Gasteiger partial charge in [-0.1, -0.05) is 0 Å². The van der Waals surface area contributed by atoms with E-state index in [-0.39, 0.29) is 0 Å². The number of fused-ring (bicyclic) bond motifs is 6. The van der Waals surface area contributed by atoms with E-state index in [9.17, 15) is 0 Å². The molecule has 2 aliphatic rings. The highest BCUT2D eigenvalue weighted by atomic mass is 16.5. The lowest BCUT2D eigenvalue weighted by molar-refractivity contribution is 0.137. The summed E-state index contributed by atoms with van der Waals surface area (Å²) in [5.74, 6) is 3.16. The van der Waals surface area contributed by atoms with Gasteiger partial charge in [-0.15, -0.1) is 0 Å². The fourth-order valence-electron chi connectivity index (χ4n) is 4.43. The summed E-state index contributed by atoms with van der Waals surface area (Å²) in [5, 5.41) is 0. The van der Waals surface area contributed by atoms with Gasteiger partial charge < -0.3 is 18.9 Å². The molecule has 0 unspecified atom stereocenters. The fraction of sp³-hybridized carbons (Fsp3) is 0.429. The molecule has 0 saturated heterocycles. The molecule has 0 saturated carbocycles. The molecule has 2 atom stereocenters. The zero-order chi connectivity index (χ0) is 18.4. The zero-order valence-electron chi connectivity index (χ0n) is 16.0. The third kappa shape index (κ3) is 2.42. The van der Waals surface area contributed by atoms with E-state index in [0.29, 0.717) is 12.1 Å². The molecule has 2 aliphatic heterocycles. The van der Waals surface area contributed by atoms with Crippen molar-refractivity contribution < 1.29 is 18.9 Å². The molecule has 0 radical (unpaired) electrons. The van der Waals surface area contributed by atoms with Crippen LogP contribution in [0.25, 0.3) is 0 Å². The zero-order valence-corrected chi connectivity index (χ0v) is 16.0. The molecule has 26 heavy (non-hydrogen) atoms. The van der Waals surface area contributed by atoms with E-state index < -0.39 is 0 Å². The van der Waals surface area contributed by atoms with Gasteiger partial charge in [0, 0.05) is 12.1 Å². The van der Waals surface area contributed by atoms with Crippen molar-refractivity contribution in [2.75, 3.05) is 35.5 Å². The quantitative estimate of drug-likeness (QED) is 0.839. The first-order valence-corrected chi connectivity index (χ1v) is 8.82. The number of hydrogen-bond donors (Lipinski definition) is 0. The van der Waals surface area contributed by atoms with E-state index in [2.05, 4.69) is 36.2 Å². The van der Waals surface area contributed by atoms with Crippen LogP contribution in [0.1, 0.15) is 34.3 Å². The van der Waals surface area contributed by atoms with Gasteiger partial charge in [-0.2, -0.15) is 0 Å². The smallest absolute Gasteiger partial charge is 0.161 e. The molecular formula is C21H25NO4. The van der Waals surface area contributed by atoms with Gasteiger partial charge in [0.2, 0.25) is 0 Å². The molecule has 2 bridgehead atoms. The summed E-state index contributed by atoms with van der Waals surface area (Å²) in [4.78, 5) is 2.46. The van der Waals surface area contributed by atoms with E-state index in [0.717, 1.165) is 35.8 Å². The number of methoxy groups -OCH3 is 4. The summed E-state index contributed by atoms with van der Waals surface area (Å²) in [7, 11) is 8.95. The van der Waals surface area contributed by atoms with E-state index >= 15 is 0 Å². The van der Waals surface area contributed by atoms with Gasteiger partial charge in [0.05, 0.1) is 28.4 Å². The van der Waals surface area contributed by atoms with Crippen LogP contribution in [0.4, 0.5) is 0 Å². The van der Waals surface area contributed by atoms with Gasteiger partial charge in [0.1, 0.15) is 0 Å². The van der Waals surface area contributed by atoms with Gasteiger partial charge in [-0.3, -0.25) is 4.90 Å². The summed E-state index contributed by atoms with van der Waals surface area (Å²) in [6.07, 6.45) is 1.87. The lowest BCUT2D eigenvalue weighted by Crippen LogP contribution is -2.40. The highest BCUT2D eigenvalue weighted by Gasteiger charge is 2.39. The first-order chi connectivity index (χ1) is 12.6. The molecule has 5 nitrogen and oxygen atoms in total. The Balaban J connectivity index is 1.84. The second-order valence-corrected chi connectivity index (χ2v) is 6.92. The molecule has 138 valence electrons. The highest BCUT2D eigenvalue weighted by Crippen LogP contribution is 2.50. The second-order valence-electron chi connectivity index (χ2n) is 6.92. The van der Waals surface area contributed by atoms with Crippen molar-refractivity contribution in [1.29, 1.82) is 0 Å². The average Bonchev–Trinajstić information content (AvgIpc) is 2.67. The molecule has 0 aromatic heterocycles. The number of hydrogen-bond acceptors (Lipinski definition) is 5. The molecule has 0 fully saturated rings. The maximum atomic E-state index is 5.53. The standard InChI is InChI=1S/C21H25NO4/c1-22-16-6-12-8-18(23-2)20(25-4)10-14(12)17(22)7-13-9-19(24-3)21(26-5)11-15(13)16/h8-11,16-17H,6-7H2,1-5H3/t16-,17-/m1/s1. The van der Waals surface area contributed by atoms with Crippen LogP contribution in [0.2, 0.25) is 0 Å². The normalized spacial score (nSPS) is 20.8. The Hall–Kier alpha value is -2.40. The van der Waals surface area contributed by atoms with Crippen molar-refractivity contribution in [2.24, 2.45) is 0 Å². The Kier molecular flexibility index (Phi) is 4.19. The SMILES string of the molecule is COc1cc2c(cc1OC)[C@H]1Cc3cc(OC)c(OC)cc3[C@@H](C2)N1C. The van der Waals surface area contributed by atoms with Crippen molar-refractivity contribution in [3.8, 4) is 23.0 Å². The minimum atomic E-state index is 0.314. The Morgan fingerprint density at radius 1 is 0.654 bits per heavy atom. The van der Waals surface area contributed by atoms with E-state index in [1.807, 2.05) is 0 Å². The minimum absolute atomic E-state index is 0.314. The molecule has 0 spiro atoms. The highest BCUT2D eigenvalue weighted by molar-refractivity contribution is 5.55. The molecule has 2 aromatic carbocycles. The van der Waals surface area contributed by atoms with Crippen molar-refractivity contribution in [2.45, 2.75) is 24.9 Å². The molecule has 0 aliphatic carbocycles. The van der Waals surface area contributed by atoms with Crippen LogP contribution in [-0.4, -0.2) is 40.4 Å². The maximum absolute atomic E-state index is 5.53. The van der Waals surface area contributed by atoms with Crippen molar-refractivity contribution in [3.63, 3.8) is 0 Å². The van der Waals surface area contributed by atoms with Crippen LogP contribution < -0.4 is 18.9 Å². The van der Waals surface area contributed by atoms with E-state index in [1.165, 1.54) is 22.3 Å². The molecule has 0 N–H and O–H groups in total.